The number of thiophene rings is 1. The molecule has 0 atom stereocenters. The Hall–Kier alpha value is -2.11. The van der Waals surface area contributed by atoms with Crippen LogP contribution in [-0.2, 0) is 6.54 Å². The second-order valence-corrected chi connectivity index (χ2v) is 7.42. The summed E-state index contributed by atoms with van der Waals surface area (Å²) in [5.41, 5.74) is 2.61. The molecule has 0 amide bonds. The molecule has 0 bridgehead atoms. The second kappa shape index (κ2) is 5.76. The highest BCUT2D eigenvalue weighted by Gasteiger charge is 2.33. The van der Waals surface area contributed by atoms with Crippen LogP contribution in [0.1, 0.15) is 40.2 Å². The monoisotopic (exact) mass is 341 g/mol. The number of fused-ring (bicyclic) bond motifs is 2. The number of Topliss-reactive ketones (excluding diaryl/α,β-unsaturated/α-hetero) is 1. The zero-order valence-electron chi connectivity index (χ0n) is 14.0. The molecule has 0 saturated heterocycles. The first-order valence-electron chi connectivity index (χ1n) is 8.05. The third kappa shape index (κ3) is 2.44. The van der Waals surface area contributed by atoms with E-state index in [1.807, 2.05) is 36.6 Å². The van der Waals surface area contributed by atoms with Crippen LogP contribution in [0.5, 0.6) is 11.5 Å². The van der Waals surface area contributed by atoms with Crippen LogP contribution in [0, 0.1) is 6.92 Å². The summed E-state index contributed by atoms with van der Waals surface area (Å²) in [6, 6.07) is 6.26. The van der Waals surface area contributed by atoms with Crippen molar-refractivity contribution in [1.82, 2.24) is 4.90 Å². The van der Waals surface area contributed by atoms with Crippen molar-refractivity contribution in [3.63, 3.8) is 0 Å². The van der Waals surface area contributed by atoms with Crippen LogP contribution in [0.25, 0.3) is 6.08 Å². The van der Waals surface area contributed by atoms with Crippen LogP contribution < -0.4 is 9.47 Å². The van der Waals surface area contributed by atoms with Gasteiger partial charge in [-0.2, -0.15) is 0 Å². The number of allylic oxidation sites excluding steroid dienone is 1. The molecule has 124 valence electrons. The minimum atomic E-state index is -0.0500. The van der Waals surface area contributed by atoms with Gasteiger partial charge in [-0.15, -0.1) is 11.3 Å². The van der Waals surface area contributed by atoms with Gasteiger partial charge in [0.2, 0.25) is 5.78 Å². The van der Waals surface area contributed by atoms with E-state index < -0.39 is 0 Å². The Morgan fingerprint density at radius 3 is 2.88 bits per heavy atom. The van der Waals surface area contributed by atoms with Gasteiger partial charge in [-0.3, -0.25) is 9.69 Å². The fraction of sp³-hybridized carbons (Fsp3) is 0.316. The van der Waals surface area contributed by atoms with Crippen LogP contribution in [0.3, 0.4) is 0 Å². The summed E-state index contributed by atoms with van der Waals surface area (Å²) in [6.07, 6.45) is 1.81. The first-order chi connectivity index (χ1) is 11.5. The second-order valence-electron chi connectivity index (χ2n) is 6.44. The Bertz CT molecular complexity index is 837. The average Bonchev–Trinajstić information content (AvgIpc) is 3.18. The number of benzene rings is 1. The van der Waals surface area contributed by atoms with E-state index in [-0.39, 0.29) is 5.78 Å². The third-order valence-corrected chi connectivity index (χ3v) is 5.33. The summed E-state index contributed by atoms with van der Waals surface area (Å²) < 4.78 is 11.8. The molecule has 24 heavy (non-hydrogen) atoms. The van der Waals surface area contributed by atoms with Gasteiger partial charge in [-0.1, -0.05) is 6.07 Å². The number of ketones is 1. The molecule has 4 nitrogen and oxygen atoms in total. The van der Waals surface area contributed by atoms with E-state index in [1.165, 1.54) is 0 Å². The molecule has 2 aliphatic rings. The highest BCUT2D eigenvalue weighted by Crippen LogP contribution is 2.43. The van der Waals surface area contributed by atoms with Crippen molar-refractivity contribution in [3.8, 4) is 11.5 Å². The van der Waals surface area contributed by atoms with E-state index in [9.17, 15) is 4.79 Å². The molecule has 0 saturated carbocycles. The van der Waals surface area contributed by atoms with Crippen molar-refractivity contribution >= 4 is 23.2 Å². The van der Waals surface area contributed by atoms with Gasteiger partial charge in [-0.25, -0.2) is 0 Å². The normalized spacial score (nSPS) is 18.5. The number of hydrogen-bond acceptors (Lipinski definition) is 5. The van der Waals surface area contributed by atoms with Crippen molar-refractivity contribution in [2.45, 2.75) is 33.4 Å². The lowest BCUT2D eigenvalue weighted by Crippen LogP contribution is -2.37. The van der Waals surface area contributed by atoms with Crippen molar-refractivity contribution < 1.29 is 14.3 Å². The highest BCUT2D eigenvalue weighted by molar-refractivity contribution is 7.10. The van der Waals surface area contributed by atoms with Gasteiger partial charge in [0.1, 0.15) is 18.2 Å². The molecular weight excluding hydrogens is 322 g/mol. The number of carbonyl (C=O) groups is 1. The fourth-order valence-corrected chi connectivity index (χ4v) is 3.75. The summed E-state index contributed by atoms with van der Waals surface area (Å²) >= 11 is 1.58. The molecule has 1 aromatic heterocycles. The molecule has 0 fully saturated rings. The number of rotatable bonds is 2. The minimum absolute atomic E-state index is 0.0500. The lowest BCUT2D eigenvalue weighted by Gasteiger charge is -2.32. The summed E-state index contributed by atoms with van der Waals surface area (Å²) in [7, 11) is 0. The van der Waals surface area contributed by atoms with Gasteiger partial charge >= 0.3 is 0 Å². The Morgan fingerprint density at radius 1 is 1.33 bits per heavy atom. The van der Waals surface area contributed by atoms with E-state index in [2.05, 4.69) is 18.7 Å². The van der Waals surface area contributed by atoms with Crippen molar-refractivity contribution in [2.75, 3.05) is 6.73 Å². The molecule has 1 aromatic carbocycles. The minimum Gasteiger partial charge on any atom is -0.477 e. The van der Waals surface area contributed by atoms with E-state index in [0.29, 0.717) is 29.8 Å². The lowest BCUT2D eigenvalue weighted by atomic mass is 10.00. The van der Waals surface area contributed by atoms with Gasteiger partial charge in [0.05, 0.1) is 5.56 Å². The molecule has 2 aliphatic heterocycles. The predicted molar refractivity (Wildman–Crippen MR) is 94.6 cm³/mol. The highest BCUT2D eigenvalue weighted by atomic mass is 32.1. The molecule has 0 aliphatic carbocycles. The number of ether oxygens (including phenoxy) is 2. The van der Waals surface area contributed by atoms with Crippen LogP contribution in [-0.4, -0.2) is 23.5 Å². The van der Waals surface area contributed by atoms with Crippen molar-refractivity contribution in [1.29, 1.82) is 0 Å². The Morgan fingerprint density at radius 2 is 2.17 bits per heavy atom. The number of nitrogens with zero attached hydrogens (tertiary/aromatic N) is 1. The Kier molecular flexibility index (Phi) is 3.70. The smallest absolute Gasteiger partial charge is 0.232 e. The Labute approximate surface area is 145 Å². The summed E-state index contributed by atoms with van der Waals surface area (Å²) in [5.74, 6) is 1.83. The van der Waals surface area contributed by atoms with E-state index in [0.717, 1.165) is 28.3 Å². The van der Waals surface area contributed by atoms with Gasteiger partial charge in [-0.05, 0) is 38.3 Å². The molecule has 0 radical (unpaired) electrons. The topological polar surface area (TPSA) is 38.8 Å². The van der Waals surface area contributed by atoms with Gasteiger partial charge in [0.25, 0.3) is 0 Å². The molecule has 0 N–H and O–H groups in total. The van der Waals surface area contributed by atoms with Gasteiger partial charge in [0.15, 0.2) is 5.76 Å². The van der Waals surface area contributed by atoms with Crippen LogP contribution >= 0.6 is 11.3 Å². The van der Waals surface area contributed by atoms with Crippen LogP contribution in [0.15, 0.2) is 29.3 Å². The van der Waals surface area contributed by atoms with Gasteiger partial charge in [0, 0.05) is 34.7 Å². The maximum absolute atomic E-state index is 12.7. The zero-order valence-corrected chi connectivity index (χ0v) is 14.8. The quantitative estimate of drug-likeness (QED) is 0.766. The molecule has 0 spiro atoms. The summed E-state index contributed by atoms with van der Waals surface area (Å²) in [4.78, 5) is 16.0. The maximum Gasteiger partial charge on any atom is 0.232 e. The Balaban J connectivity index is 1.74. The number of hydrogen-bond donors (Lipinski definition) is 0. The molecule has 2 aromatic rings. The van der Waals surface area contributed by atoms with Gasteiger partial charge < -0.3 is 9.47 Å². The fourth-order valence-electron chi connectivity index (χ4n) is 3.10. The summed E-state index contributed by atoms with van der Waals surface area (Å²) in [5, 5.41) is 1.98. The first kappa shape index (κ1) is 15.4. The van der Waals surface area contributed by atoms with E-state index in [4.69, 9.17) is 9.47 Å². The number of carbonyl (C=O) groups excluding carboxylic acids is 1. The van der Waals surface area contributed by atoms with Crippen LogP contribution in [0.4, 0.5) is 0 Å². The van der Waals surface area contributed by atoms with E-state index >= 15 is 0 Å². The zero-order chi connectivity index (χ0) is 16.8. The standard InChI is InChI=1S/C19H19NO3S/c1-11(2)20-9-13-7-15-17(21)16(8-14-5-4-6-24-14)23-19(15)12(3)18(13)22-10-20/h4-8,11H,9-10H2,1-3H3. The first-order valence-corrected chi connectivity index (χ1v) is 8.93. The lowest BCUT2D eigenvalue weighted by molar-refractivity contribution is 0.0678. The SMILES string of the molecule is Cc1c2c(cc3c1OC(=Cc1cccs1)C3=O)CN(C(C)C)CO2. The molecule has 4 rings (SSSR count). The molecule has 3 heterocycles. The van der Waals surface area contributed by atoms with E-state index in [1.54, 1.807) is 11.3 Å². The largest absolute Gasteiger partial charge is 0.477 e. The summed E-state index contributed by atoms with van der Waals surface area (Å²) in [6.45, 7) is 7.61. The molecule has 0 unspecified atom stereocenters. The maximum atomic E-state index is 12.7. The molecule has 5 heteroatoms. The average molecular weight is 341 g/mol. The van der Waals surface area contributed by atoms with Crippen LogP contribution in [0.2, 0.25) is 0 Å². The molecular formula is C19H19NO3S. The van der Waals surface area contributed by atoms with Crippen molar-refractivity contribution in [3.05, 3.63) is 50.9 Å². The predicted octanol–water partition coefficient (Wildman–Crippen LogP) is 4.23. The third-order valence-electron chi connectivity index (χ3n) is 4.51. The van der Waals surface area contributed by atoms with Crippen molar-refractivity contribution in [2.24, 2.45) is 0 Å².